The minimum atomic E-state index is -0.280. The van der Waals surface area contributed by atoms with E-state index in [4.69, 9.17) is 0 Å². The highest BCUT2D eigenvalue weighted by Crippen LogP contribution is 2.26. The van der Waals surface area contributed by atoms with Gasteiger partial charge in [-0.05, 0) is 37.5 Å². The number of hydrogen-bond donors (Lipinski definition) is 1. The summed E-state index contributed by atoms with van der Waals surface area (Å²) in [6, 6.07) is 5.30. The minimum absolute atomic E-state index is 0.00676. The van der Waals surface area contributed by atoms with Crippen LogP contribution in [0.5, 0.6) is 0 Å². The first-order chi connectivity index (χ1) is 12.5. The van der Waals surface area contributed by atoms with E-state index in [0.29, 0.717) is 24.0 Å². The molecule has 6 heteroatoms. The Morgan fingerprint density at radius 3 is 2.54 bits per heavy atom. The highest BCUT2D eigenvalue weighted by Gasteiger charge is 2.35. The summed E-state index contributed by atoms with van der Waals surface area (Å²) in [6.45, 7) is 4.51. The molecule has 1 N–H and O–H groups in total. The van der Waals surface area contributed by atoms with E-state index in [9.17, 15) is 14.4 Å². The molecule has 0 aromatic heterocycles. The first-order valence-electron chi connectivity index (χ1n) is 9.43. The predicted molar refractivity (Wildman–Crippen MR) is 105 cm³/mol. The van der Waals surface area contributed by atoms with Crippen molar-refractivity contribution in [2.24, 2.45) is 0 Å². The van der Waals surface area contributed by atoms with E-state index in [0.717, 1.165) is 23.7 Å². The SMILES string of the molecule is CCCCCC(CC)NC(=O)CCCN1C(=O)c2ccc(Br)cc2C1=O. The van der Waals surface area contributed by atoms with Crippen molar-refractivity contribution in [1.29, 1.82) is 0 Å². The van der Waals surface area contributed by atoms with E-state index in [1.807, 2.05) is 0 Å². The normalized spacial score (nSPS) is 14.5. The molecular weight excluding hydrogens is 396 g/mol. The zero-order chi connectivity index (χ0) is 19.1. The van der Waals surface area contributed by atoms with Gasteiger partial charge in [-0.25, -0.2) is 0 Å². The Morgan fingerprint density at radius 2 is 1.85 bits per heavy atom. The van der Waals surface area contributed by atoms with Crippen LogP contribution < -0.4 is 5.32 Å². The van der Waals surface area contributed by atoms with Crippen LogP contribution in [0, 0.1) is 0 Å². The van der Waals surface area contributed by atoms with Crippen LogP contribution in [0.1, 0.15) is 79.5 Å². The number of carbonyl (C=O) groups is 3. The third-order valence-corrected chi connectivity index (χ3v) is 5.23. The molecule has 0 saturated carbocycles. The predicted octanol–water partition coefficient (Wildman–Crippen LogP) is 4.30. The van der Waals surface area contributed by atoms with E-state index in [1.54, 1.807) is 18.2 Å². The maximum absolute atomic E-state index is 12.4. The Balaban J connectivity index is 1.80. The number of hydrogen-bond acceptors (Lipinski definition) is 3. The van der Waals surface area contributed by atoms with Gasteiger partial charge in [0.2, 0.25) is 5.91 Å². The topological polar surface area (TPSA) is 66.5 Å². The van der Waals surface area contributed by atoms with Gasteiger partial charge in [-0.15, -0.1) is 0 Å². The van der Waals surface area contributed by atoms with Crippen molar-refractivity contribution in [2.75, 3.05) is 6.54 Å². The van der Waals surface area contributed by atoms with E-state index in [-0.39, 0.29) is 30.3 Å². The van der Waals surface area contributed by atoms with Gasteiger partial charge in [0.05, 0.1) is 11.1 Å². The second-order valence-corrected chi connectivity index (χ2v) is 7.64. The summed E-state index contributed by atoms with van der Waals surface area (Å²) in [7, 11) is 0. The Bertz CT molecular complexity index is 675. The molecular formula is C20H27BrN2O3. The molecule has 0 radical (unpaired) electrons. The van der Waals surface area contributed by atoms with Crippen LogP contribution >= 0.6 is 15.9 Å². The van der Waals surface area contributed by atoms with Crippen molar-refractivity contribution in [3.63, 3.8) is 0 Å². The second-order valence-electron chi connectivity index (χ2n) is 6.72. The molecule has 3 amide bonds. The second kappa shape index (κ2) is 9.86. The summed E-state index contributed by atoms with van der Waals surface area (Å²) in [5.41, 5.74) is 0.862. The lowest BCUT2D eigenvalue weighted by atomic mass is 10.1. The zero-order valence-corrected chi connectivity index (χ0v) is 17.1. The molecule has 0 bridgehead atoms. The number of amides is 3. The van der Waals surface area contributed by atoms with Gasteiger partial charge in [0.1, 0.15) is 0 Å². The van der Waals surface area contributed by atoms with E-state index in [1.165, 1.54) is 17.7 Å². The smallest absolute Gasteiger partial charge is 0.261 e. The van der Waals surface area contributed by atoms with Gasteiger partial charge in [0.15, 0.2) is 0 Å². The quantitative estimate of drug-likeness (QED) is 0.451. The number of benzene rings is 1. The first kappa shape index (κ1) is 20.6. The lowest BCUT2D eigenvalue weighted by molar-refractivity contribution is -0.122. The maximum atomic E-state index is 12.4. The van der Waals surface area contributed by atoms with Crippen molar-refractivity contribution in [3.8, 4) is 0 Å². The molecule has 142 valence electrons. The molecule has 1 aliphatic rings. The van der Waals surface area contributed by atoms with Gasteiger partial charge >= 0.3 is 0 Å². The van der Waals surface area contributed by atoms with Gasteiger partial charge in [0.25, 0.3) is 11.8 Å². The molecule has 1 aromatic rings. The summed E-state index contributed by atoms with van der Waals surface area (Å²) in [5.74, 6) is -0.561. The van der Waals surface area contributed by atoms with Crippen LogP contribution in [0.2, 0.25) is 0 Å². The molecule has 1 aliphatic heterocycles. The van der Waals surface area contributed by atoms with Gasteiger partial charge < -0.3 is 5.32 Å². The van der Waals surface area contributed by atoms with Crippen molar-refractivity contribution < 1.29 is 14.4 Å². The summed E-state index contributed by atoms with van der Waals surface area (Å²) in [6.07, 6.45) is 6.20. The average Bonchev–Trinajstić information content (AvgIpc) is 2.85. The van der Waals surface area contributed by atoms with E-state index < -0.39 is 0 Å². The molecule has 0 aliphatic carbocycles. The number of rotatable bonds is 10. The molecule has 0 saturated heterocycles. The van der Waals surface area contributed by atoms with Crippen LogP contribution in [0.3, 0.4) is 0 Å². The van der Waals surface area contributed by atoms with Gasteiger partial charge in [-0.1, -0.05) is 49.0 Å². The average molecular weight is 423 g/mol. The zero-order valence-electron chi connectivity index (χ0n) is 15.5. The highest BCUT2D eigenvalue weighted by atomic mass is 79.9. The van der Waals surface area contributed by atoms with Gasteiger partial charge in [0, 0.05) is 23.5 Å². The van der Waals surface area contributed by atoms with Crippen LogP contribution in [0.15, 0.2) is 22.7 Å². The fourth-order valence-electron chi connectivity index (χ4n) is 3.18. The standard InChI is InChI=1S/C20H27BrN2O3/c1-3-5-6-8-15(4-2)22-18(24)9-7-12-23-19(25)16-11-10-14(21)13-17(16)20(23)26/h10-11,13,15H,3-9,12H2,1-2H3,(H,22,24). The Hall–Kier alpha value is -1.69. The van der Waals surface area contributed by atoms with Crippen molar-refractivity contribution >= 4 is 33.7 Å². The third-order valence-electron chi connectivity index (χ3n) is 4.73. The Labute approximate surface area is 163 Å². The molecule has 1 heterocycles. The fourth-order valence-corrected chi connectivity index (χ4v) is 3.54. The third kappa shape index (κ3) is 5.16. The number of imide groups is 1. The van der Waals surface area contributed by atoms with E-state index in [2.05, 4.69) is 35.1 Å². The summed E-state index contributed by atoms with van der Waals surface area (Å²) in [4.78, 5) is 38.1. The van der Waals surface area contributed by atoms with Crippen molar-refractivity contribution in [3.05, 3.63) is 33.8 Å². The molecule has 0 fully saturated rings. The van der Waals surface area contributed by atoms with Crippen molar-refractivity contribution in [2.45, 2.75) is 64.8 Å². The van der Waals surface area contributed by atoms with Crippen LogP contribution in [0.25, 0.3) is 0 Å². The first-order valence-corrected chi connectivity index (χ1v) is 10.2. The maximum Gasteiger partial charge on any atom is 0.261 e. The van der Waals surface area contributed by atoms with Crippen LogP contribution in [-0.2, 0) is 4.79 Å². The molecule has 1 aromatic carbocycles. The number of nitrogens with zero attached hydrogens (tertiary/aromatic N) is 1. The van der Waals surface area contributed by atoms with Crippen LogP contribution in [-0.4, -0.2) is 35.2 Å². The molecule has 1 unspecified atom stereocenters. The molecule has 1 atom stereocenters. The fraction of sp³-hybridized carbons (Fsp3) is 0.550. The Morgan fingerprint density at radius 1 is 1.12 bits per heavy atom. The molecule has 0 spiro atoms. The van der Waals surface area contributed by atoms with Gasteiger partial charge in [-0.2, -0.15) is 0 Å². The largest absolute Gasteiger partial charge is 0.353 e. The van der Waals surface area contributed by atoms with E-state index >= 15 is 0 Å². The summed E-state index contributed by atoms with van der Waals surface area (Å²) < 4.78 is 0.771. The lowest BCUT2D eigenvalue weighted by Crippen LogP contribution is -2.35. The number of fused-ring (bicyclic) bond motifs is 1. The lowest BCUT2D eigenvalue weighted by Gasteiger charge is -2.18. The minimum Gasteiger partial charge on any atom is -0.353 e. The Kier molecular flexibility index (Phi) is 7.82. The molecule has 5 nitrogen and oxygen atoms in total. The number of halogens is 1. The number of carbonyl (C=O) groups excluding carboxylic acids is 3. The number of nitrogens with one attached hydrogen (secondary N) is 1. The number of unbranched alkanes of at least 4 members (excludes halogenated alkanes) is 2. The van der Waals surface area contributed by atoms with Crippen molar-refractivity contribution in [1.82, 2.24) is 10.2 Å². The molecule has 2 rings (SSSR count). The van der Waals surface area contributed by atoms with Crippen LogP contribution in [0.4, 0.5) is 0 Å². The summed E-state index contributed by atoms with van der Waals surface area (Å²) >= 11 is 3.32. The van der Waals surface area contributed by atoms with Gasteiger partial charge in [-0.3, -0.25) is 19.3 Å². The summed E-state index contributed by atoms with van der Waals surface area (Å²) in [5, 5.41) is 3.06. The molecule has 26 heavy (non-hydrogen) atoms. The monoisotopic (exact) mass is 422 g/mol. The highest BCUT2D eigenvalue weighted by molar-refractivity contribution is 9.10.